The van der Waals surface area contributed by atoms with Crippen molar-refractivity contribution in [3.8, 4) is 0 Å². The summed E-state index contributed by atoms with van der Waals surface area (Å²) in [6.07, 6.45) is 1.37. The first-order valence-electron chi connectivity index (χ1n) is 6.32. The van der Waals surface area contributed by atoms with Gasteiger partial charge in [-0.05, 0) is 19.9 Å². The Kier molecular flexibility index (Phi) is 3.56. The molecule has 1 unspecified atom stereocenters. The van der Waals surface area contributed by atoms with Gasteiger partial charge in [0.1, 0.15) is 5.69 Å². The van der Waals surface area contributed by atoms with Crippen LogP contribution in [0.25, 0.3) is 0 Å². The first-order valence-corrected chi connectivity index (χ1v) is 6.32. The molecule has 1 amide bonds. The third kappa shape index (κ3) is 2.90. The van der Waals surface area contributed by atoms with Crippen LogP contribution in [-0.4, -0.2) is 51.9 Å². The number of aliphatic hydroxyl groups excluding tert-OH is 1. The lowest BCUT2D eigenvalue weighted by atomic mass is 10.0. The van der Waals surface area contributed by atoms with Crippen molar-refractivity contribution in [3.05, 3.63) is 18.0 Å². The van der Waals surface area contributed by atoms with Crippen molar-refractivity contribution in [2.75, 3.05) is 25.4 Å². The standard InChI is InChI=1S/C13H21N3O3/c1-13(2)8-16(6-10(7-17)19-13)12(18)11-4-9(14)5-15(11)3/h4-5,10,17H,6-8,14H2,1-3H3. The van der Waals surface area contributed by atoms with E-state index >= 15 is 0 Å². The highest BCUT2D eigenvalue weighted by Crippen LogP contribution is 2.23. The summed E-state index contributed by atoms with van der Waals surface area (Å²) in [6, 6.07) is 1.67. The van der Waals surface area contributed by atoms with Crippen molar-refractivity contribution in [2.45, 2.75) is 25.6 Å². The molecule has 1 fully saturated rings. The van der Waals surface area contributed by atoms with E-state index in [0.717, 1.165) is 0 Å². The maximum Gasteiger partial charge on any atom is 0.270 e. The number of anilines is 1. The molecule has 0 spiro atoms. The van der Waals surface area contributed by atoms with E-state index < -0.39 is 5.60 Å². The van der Waals surface area contributed by atoms with Crippen LogP contribution in [-0.2, 0) is 11.8 Å². The number of aliphatic hydroxyl groups is 1. The van der Waals surface area contributed by atoms with Crippen molar-refractivity contribution in [1.82, 2.24) is 9.47 Å². The summed E-state index contributed by atoms with van der Waals surface area (Å²) >= 11 is 0. The van der Waals surface area contributed by atoms with Crippen molar-refractivity contribution in [2.24, 2.45) is 7.05 Å². The zero-order valence-electron chi connectivity index (χ0n) is 11.6. The van der Waals surface area contributed by atoms with Crippen LogP contribution in [0.5, 0.6) is 0 Å². The van der Waals surface area contributed by atoms with E-state index in [1.54, 1.807) is 28.8 Å². The molecule has 1 atom stereocenters. The van der Waals surface area contributed by atoms with Crippen LogP contribution >= 0.6 is 0 Å². The number of nitrogens with zero attached hydrogens (tertiary/aromatic N) is 2. The van der Waals surface area contributed by atoms with E-state index in [1.807, 2.05) is 13.8 Å². The maximum absolute atomic E-state index is 12.5. The molecular weight excluding hydrogens is 246 g/mol. The minimum Gasteiger partial charge on any atom is -0.397 e. The van der Waals surface area contributed by atoms with E-state index in [0.29, 0.717) is 24.5 Å². The van der Waals surface area contributed by atoms with Crippen molar-refractivity contribution in [1.29, 1.82) is 0 Å². The molecule has 6 nitrogen and oxygen atoms in total. The zero-order chi connectivity index (χ0) is 14.2. The normalized spacial score (nSPS) is 22.5. The summed E-state index contributed by atoms with van der Waals surface area (Å²) in [5, 5.41) is 9.26. The van der Waals surface area contributed by atoms with Gasteiger partial charge in [0.25, 0.3) is 5.91 Å². The van der Waals surface area contributed by atoms with Gasteiger partial charge in [0, 0.05) is 26.3 Å². The fourth-order valence-corrected chi connectivity index (χ4v) is 2.51. The average Bonchev–Trinajstić information content (AvgIpc) is 2.65. The van der Waals surface area contributed by atoms with Gasteiger partial charge in [0.05, 0.1) is 24.0 Å². The Hall–Kier alpha value is -1.53. The van der Waals surface area contributed by atoms with Gasteiger partial charge in [-0.3, -0.25) is 4.79 Å². The van der Waals surface area contributed by atoms with Crippen LogP contribution in [0.1, 0.15) is 24.3 Å². The van der Waals surface area contributed by atoms with Gasteiger partial charge < -0.3 is 25.0 Å². The van der Waals surface area contributed by atoms with Crippen LogP contribution in [0.3, 0.4) is 0 Å². The molecular formula is C13H21N3O3. The lowest BCUT2D eigenvalue weighted by Crippen LogP contribution is -2.55. The topological polar surface area (TPSA) is 80.7 Å². The minimum atomic E-state index is -0.460. The van der Waals surface area contributed by atoms with Gasteiger partial charge in [-0.15, -0.1) is 0 Å². The minimum absolute atomic E-state index is 0.0889. The first kappa shape index (κ1) is 13.9. The summed E-state index contributed by atoms with van der Waals surface area (Å²) in [5.41, 5.74) is 6.35. The maximum atomic E-state index is 12.5. The molecule has 0 aromatic carbocycles. The fourth-order valence-electron chi connectivity index (χ4n) is 2.51. The second-order valence-corrected chi connectivity index (χ2v) is 5.64. The molecule has 1 saturated heterocycles. The van der Waals surface area contributed by atoms with Gasteiger partial charge in [-0.2, -0.15) is 0 Å². The van der Waals surface area contributed by atoms with Crippen molar-refractivity contribution < 1.29 is 14.6 Å². The number of nitrogens with two attached hydrogens (primary N) is 1. The smallest absolute Gasteiger partial charge is 0.270 e. The molecule has 1 aromatic heterocycles. The van der Waals surface area contributed by atoms with E-state index in [-0.39, 0.29) is 18.6 Å². The summed E-state index contributed by atoms with van der Waals surface area (Å²) in [4.78, 5) is 14.2. The number of nitrogen functional groups attached to an aromatic ring is 1. The van der Waals surface area contributed by atoms with E-state index in [1.165, 1.54) is 0 Å². The SMILES string of the molecule is Cn1cc(N)cc1C(=O)N1CC(CO)OC(C)(C)C1. The molecule has 3 N–H and O–H groups in total. The second-order valence-electron chi connectivity index (χ2n) is 5.64. The number of aromatic nitrogens is 1. The van der Waals surface area contributed by atoms with Crippen LogP contribution in [0.2, 0.25) is 0 Å². The number of ether oxygens (including phenoxy) is 1. The average molecular weight is 267 g/mol. The lowest BCUT2D eigenvalue weighted by Gasteiger charge is -2.42. The molecule has 0 bridgehead atoms. The Balaban J connectivity index is 2.21. The highest BCUT2D eigenvalue weighted by Gasteiger charge is 2.36. The molecule has 0 saturated carbocycles. The number of hydrogen-bond acceptors (Lipinski definition) is 4. The highest BCUT2D eigenvalue weighted by atomic mass is 16.5. The molecule has 6 heteroatoms. The summed E-state index contributed by atoms with van der Waals surface area (Å²) < 4.78 is 7.42. The number of carbonyl (C=O) groups excluding carboxylic acids is 1. The van der Waals surface area contributed by atoms with E-state index in [4.69, 9.17) is 10.5 Å². The Labute approximate surface area is 112 Å². The summed E-state index contributed by atoms with van der Waals surface area (Å²) in [5.74, 6) is -0.0889. The predicted molar refractivity (Wildman–Crippen MR) is 71.8 cm³/mol. The third-order valence-electron chi connectivity index (χ3n) is 3.22. The number of amides is 1. The van der Waals surface area contributed by atoms with Crippen molar-refractivity contribution >= 4 is 11.6 Å². The number of hydrogen-bond donors (Lipinski definition) is 2. The summed E-state index contributed by atoms with van der Waals surface area (Å²) in [6.45, 7) is 4.61. The Bertz CT molecular complexity index is 481. The molecule has 0 radical (unpaired) electrons. The number of rotatable bonds is 2. The molecule has 0 aliphatic carbocycles. The van der Waals surface area contributed by atoms with Gasteiger partial charge >= 0.3 is 0 Å². The molecule has 1 aliphatic heterocycles. The van der Waals surface area contributed by atoms with Gasteiger partial charge in [-0.25, -0.2) is 0 Å². The Morgan fingerprint density at radius 3 is 2.84 bits per heavy atom. The predicted octanol–water partition coefficient (Wildman–Crippen LogP) is 0.219. The fraction of sp³-hybridized carbons (Fsp3) is 0.615. The van der Waals surface area contributed by atoms with Gasteiger partial charge in [0.15, 0.2) is 0 Å². The number of morpholine rings is 1. The van der Waals surface area contributed by atoms with Crippen LogP contribution in [0.4, 0.5) is 5.69 Å². The molecule has 1 aliphatic rings. The van der Waals surface area contributed by atoms with Crippen LogP contribution in [0, 0.1) is 0 Å². The largest absolute Gasteiger partial charge is 0.397 e. The third-order valence-corrected chi connectivity index (χ3v) is 3.22. The van der Waals surface area contributed by atoms with Crippen LogP contribution in [0.15, 0.2) is 12.3 Å². The molecule has 2 rings (SSSR count). The molecule has 106 valence electrons. The Morgan fingerprint density at radius 2 is 2.32 bits per heavy atom. The molecule has 19 heavy (non-hydrogen) atoms. The molecule has 1 aromatic rings. The monoisotopic (exact) mass is 267 g/mol. The van der Waals surface area contributed by atoms with E-state index in [2.05, 4.69) is 0 Å². The number of carbonyl (C=O) groups is 1. The quantitative estimate of drug-likeness (QED) is 0.803. The summed E-state index contributed by atoms with van der Waals surface area (Å²) in [7, 11) is 1.79. The number of aryl methyl sites for hydroxylation is 1. The van der Waals surface area contributed by atoms with Crippen molar-refractivity contribution in [3.63, 3.8) is 0 Å². The Morgan fingerprint density at radius 1 is 1.63 bits per heavy atom. The highest BCUT2D eigenvalue weighted by molar-refractivity contribution is 5.94. The van der Waals surface area contributed by atoms with Gasteiger partial charge in [0.2, 0.25) is 0 Å². The van der Waals surface area contributed by atoms with E-state index in [9.17, 15) is 9.90 Å². The lowest BCUT2D eigenvalue weighted by molar-refractivity contribution is -0.139. The molecule has 2 heterocycles. The van der Waals surface area contributed by atoms with Crippen LogP contribution < -0.4 is 5.73 Å². The zero-order valence-corrected chi connectivity index (χ0v) is 11.6. The second kappa shape index (κ2) is 4.86. The first-order chi connectivity index (χ1) is 8.82. The van der Waals surface area contributed by atoms with Gasteiger partial charge in [-0.1, -0.05) is 0 Å².